The number of aromatic nitrogens is 1. The van der Waals surface area contributed by atoms with E-state index in [1.807, 2.05) is 0 Å². The molecule has 3 aromatic rings. The molecular formula is C23H21ClN2O2. The van der Waals surface area contributed by atoms with Crippen LogP contribution in [0.5, 0.6) is 0 Å². The number of benzene rings is 2. The summed E-state index contributed by atoms with van der Waals surface area (Å²) < 4.78 is 0. The van der Waals surface area contributed by atoms with Crippen molar-refractivity contribution in [2.75, 3.05) is 13.1 Å². The summed E-state index contributed by atoms with van der Waals surface area (Å²) in [4.78, 5) is 30.7. The quantitative estimate of drug-likeness (QED) is 0.618. The van der Waals surface area contributed by atoms with E-state index in [4.69, 9.17) is 11.6 Å². The molecule has 0 saturated carbocycles. The molecule has 1 aliphatic rings. The molecule has 1 saturated heterocycles. The van der Waals surface area contributed by atoms with Crippen LogP contribution in [0.25, 0.3) is 10.8 Å². The Kier molecular flexibility index (Phi) is 5.40. The second kappa shape index (κ2) is 8.11. The summed E-state index contributed by atoms with van der Waals surface area (Å²) in [6, 6.07) is 18.2. The van der Waals surface area contributed by atoms with Crippen LogP contribution in [0.1, 0.15) is 30.0 Å². The van der Waals surface area contributed by atoms with Crippen LogP contribution in [0.4, 0.5) is 0 Å². The van der Waals surface area contributed by atoms with Gasteiger partial charge in [-0.25, -0.2) is 0 Å². The fourth-order valence-corrected chi connectivity index (χ4v) is 4.04. The zero-order valence-electron chi connectivity index (χ0n) is 15.5. The lowest BCUT2D eigenvalue weighted by molar-refractivity contribution is -0.145. The van der Waals surface area contributed by atoms with Crippen LogP contribution < -0.4 is 0 Å². The molecule has 5 heteroatoms. The number of carbonyl (C=O) groups is 2. The number of carbonyl (C=O) groups excluding carboxylic acids is 2. The Balaban J connectivity index is 1.40. The number of hydrogen-bond acceptors (Lipinski definition) is 3. The minimum atomic E-state index is -0.418. The Morgan fingerprint density at radius 3 is 2.50 bits per heavy atom. The Morgan fingerprint density at radius 2 is 1.75 bits per heavy atom. The van der Waals surface area contributed by atoms with E-state index in [1.54, 1.807) is 17.0 Å². The van der Waals surface area contributed by atoms with Crippen LogP contribution in [0, 0.1) is 0 Å². The van der Waals surface area contributed by atoms with E-state index in [1.165, 1.54) is 22.5 Å². The number of ketones is 1. The maximum atomic E-state index is 12.5. The van der Waals surface area contributed by atoms with E-state index >= 15 is 0 Å². The first-order chi connectivity index (χ1) is 13.6. The van der Waals surface area contributed by atoms with Gasteiger partial charge in [-0.1, -0.05) is 54.1 Å². The third kappa shape index (κ3) is 3.92. The Labute approximate surface area is 169 Å². The van der Waals surface area contributed by atoms with Crippen LogP contribution >= 0.6 is 11.6 Å². The molecule has 28 heavy (non-hydrogen) atoms. The first-order valence-corrected chi connectivity index (χ1v) is 9.90. The molecule has 0 spiro atoms. The number of Topliss-reactive ketones (excluding diaryl/α,β-unsaturated/α-hetero) is 1. The van der Waals surface area contributed by atoms with E-state index in [0.717, 1.165) is 12.8 Å². The van der Waals surface area contributed by atoms with Gasteiger partial charge < -0.3 is 4.90 Å². The van der Waals surface area contributed by atoms with Crippen LogP contribution in [-0.2, 0) is 16.0 Å². The average Bonchev–Trinajstić information content (AvgIpc) is 2.74. The second-order valence-electron chi connectivity index (χ2n) is 7.20. The van der Waals surface area contributed by atoms with Crippen molar-refractivity contribution in [1.29, 1.82) is 0 Å². The largest absolute Gasteiger partial charge is 0.336 e. The van der Waals surface area contributed by atoms with E-state index in [0.29, 0.717) is 29.7 Å². The lowest BCUT2D eigenvalue weighted by atomic mass is 9.86. The van der Waals surface area contributed by atoms with Crippen LogP contribution in [0.2, 0.25) is 5.02 Å². The molecule has 1 fully saturated rings. The van der Waals surface area contributed by atoms with Crippen molar-refractivity contribution in [2.24, 2.45) is 0 Å². The highest BCUT2D eigenvalue weighted by molar-refractivity contribution is 6.36. The van der Waals surface area contributed by atoms with Gasteiger partial charge in [0.15, 0.2) is 0 Å². The van der Waals surface area contributed by atoms with Crippen molar-refractivity contribution in [3.05, 3.63) is 77.1 Å². The number of likely N-dealkylation sites (tertiary alicyclic amines) is 1. The number of fused-ring (bicyclic) bond motifs is 1. The molecule has 1 aliphatic heterocycles. The molecule has 4 nitrogen and oxygen atoms in total. The van der Waals surface area contributed by atoms with E-state index in [-0.39, 0.29) is 6.42 Å². The second-order valence-corrected chi connectivity index (χ2v) is 7.64. The molecule has 4 rings (SSSR count). The fraction of sp³-hybridized carbons (Fsp3) is 0.261. The molecule has 2 heterocycles. The molecule has 0 radical (unpaired) electrons. The van der Waals surface area contributed by atoms with Crippen molar-refractivity contribution >= 4 is 34.1 Å². The van der Waals surface area contributed by atoms with Gasteiger partial charge in [0, 0.05) is 25.0 Å². The van der Waals surface area contributed by atoms with Crippen LogP contribution in [0.3, 0.4) is 0 Å². The molecule has 0 bridgehead atoms. The first kappa shape index (κ1) is 18.6. The van der Waals surface area contributed by atoms with E-state index in [2.05, 4.69) is 47.4 Å². The highest BCUT2D eigenvalue weighted by atomic mass is 35.5. The maximum absolute atomic E-state index is 12.5. The lowest BCUT2D eigenvalue weighted by Gasteiger charge is -2.32. The number of hydrogen-bond donors (Lipinski definition) is 0. The summed E-state index contributed by atoms with van der Waals surface area (Å²) in [5.41, 5.74) is 1.90. The Hall–Kier alpha value is -2.72. The molecular weight excluding hydrogens is 372 g/mol. The van der Waals surface area contributed by atoms with Gasteiger partial charge in [0.05, 0.1) is 11.4 Å². The number of amides is 1. The standard InChI is InChI=1S/C23H21ClN2O2/c24-18-8-9-19(25-15-18)14-22(27)23(28)26-12-10-17(11-13-26)21-7-3-5-16-4-1-2-6-20(16)21/h1-9,15,17H,10-14H2. The van der Waals surface area contributed by atoms with Crippen LogP contribution in [0.15, 0.2) is 60.8 Å². The smallest absolute Gasteiger partial charge is 0.290 e. The average molecular weight is 393 g/mol. The van der Waals surface area contributed by atoms with Gasteiger partial charge in [0.2, 0.25) is 5.78 Å². The zero-order valence-corrected chi connectivity index (χ0v) is 16.2. The minimum absolute atomic E-state index is 0.0131. The molecule has 0 atom stereocenters. The van der Waals surface area contributed by atoms with Gasteiger partial charge in [-0.3, -0.25) is 14.6 Å². The van der Waals surface area contributed by atoms with Crippen molar-refractivity contribution in [1.82, 2.24) is 9.88 Å². The van der Waals surface area contributed by atoms with E-state index < -0.39 is 11.7 Å². The summed E-state index contributed by atoms with van der Waals surface area (Å²) >= 11 is 5.81. The van der Waals surface area contributed by atoms with Crippen molar-refractivity contribution in [3.8, 4) is 0 Å². The highest BCUT2D eigenvalue weighted by Crippen LogP contribution is 2.33. The number of piperidine rings is 1. The first-order valence-electron chi connectivity index (χ1n) is 9.52. The molecule has 1 aromatic heterocycles. The summed E-state index contributed by atoms with van der Waals surface area (Å²) in [6.45, 7) is 1.21. The predicted octanol–water partition coefficient (Wildman–Crippen LogP) is 4.41. The SMILES string of the molecule is O=C(Cc1ccc(Cl)cn1)C(=O)N1CCC(c2cccc3ccccc23)CC1. The molecule has 142 valence electrons. The molecule has 0 N–H and O–H groups in total. The fourth-order valence-electron chi connectivity index (χ4n) is 3.93. The Morgan fingerprint density at radius 1 is 1.00 bits per heavy atom. The third-order valence-corrected chi connectivity index (χ3v) is 5.64. The number of rotatable bonds is 4. The summed E-state index contributed by atoms with van der Waals surface area (Å²) in [7, 11) is 0. The summed E-state index contributed by atoms with van der Waals surface area (Å²) in [6.07, 6.45) is 3.24. The maximum Gasteiger partial charge on any atom is 0.290 e. The monoisotopic (exact) mass is 392 g/mol. The molecule has 0 unspecified atom stereocenters. The summed E-state index contributed by atoms with van der Waals surface area (Å²) in [5, 5.41) is 3.03. The highest BCUT2D eigenvalue weighted by Gasteiger charge is 2.28. The molecule has 2 aromatic carbocycles. The van der Waals surface area contributed by atoms with Crippen LogP contribution in [-0.4, -0.2) is 34.7 Å². The van der Waals surface area contributed by atoms with Crippen molar-refractivity contribution in [2.45, 2.75) is 25.2 Å². The number of pyridine rings is 1. The number of halogens is 1. The van der Waals surface area contributed by atoms with Gasteiger partial charge in [0.1, 0.15) is 0 Å². The minimum Gasteiger partial charge on any atom is -0.336 e. The molecule has 0 aliphatic carbocycles. The number of nitrogens with zero attached hydrogens (tertiary/aromatic N) is 2. The predicted molar refractivity (Wildman–Crippen MR) is 110 cm³/mol. The third-order valence-electron chi connectivity index (χ3n) is 5.41. The lowest BCUT2D eigenvalue weighted by Crippen LogP contribution is -2.42. The Bertz CT molecular complexity index is 1000. The van der Waals surface area contributed by atoms with Gasteiger partial charge >= 0.3 is 0 Å². The van der Waals surface area contributed by atoms with Gasteiger partial charge in [-0.15, -0.1) is 0 Å². The van der Waals surface area contributed by atoms with Gasteiger partial charge in [-0.2, -0.15) is 0 Å². The zero-order chi connectivity index (χ0) is 19.5. The molecule has 1 amide bonds. The van der Waals surface area contributed by atoms with Crippen molar-refractivity contribution in [3.63, 3.8) is 0 Å². The van der Waals surface area contributed by atoms with Crippen molar-refractivity contribution < 1.29 is 9.59 Å². The van der Waals surface area contributed by atoms with Gasteiger partial charge in [-0.05, 0) is 47.2 Å². The van der Waals surface area contributed by atoms with E-state index in [9.17, 15) is 9.59 Å². The topological polar surface area (TPSA) is 50.3 Å². The summed E-state index contributed by atoms with van der Waals surface area (Å²) in [5.74, 6) is -0.422. The van der Waals surface area contributed by atoms with Gasteiger partial charge in [0.25, 0.3) is 5.91 Å². The normalized spacial score (nSPS) is 15.0.